The highest BCUT2D eigenvalue weighted by Crippen LogP contribution is 2.46. The number of para-hydroxylation sites is 1. The van der Waals surface area contributed by atoms with Gasteiger partial charge in [-0.1, -0.05) is 25.3 Å². The van der Waals surface area contributed by atoms with Crippen LogP contribution in [0.2, 0.25) is 0 Å². The van der Waals surface area contributed by atoms with Crippen LogP contribution in [0.1, 0.15) is 32.1 Å². The third-order valence-corrected chi connectivity index (χ3v) is 6.13. The molecule has 0 aromatic heterocycles. The summed E-state index contributed by atoms with van der Waals surface area (Å²) < 4.78 is 1.20. The Morgan fingerprint density at radius 3 is 2.82 bits per heavy atom. The van der Waals surface area contributed by atoms with Crippen molar-refractivity contribution >= 4 is 33.4 Å². The molecule has 1 nitrogen and oxygen atoms in total. The zero-order valence-corrected chi connectivity index (χ0v) is 12.4. The normalized spacial score (nSPS) is 22.6. The van der Waals surface area contributed by atoms with E-state index in [0.717, 1.165) is 6.54 Å². The first-order valence-corrected chi connectivity index (χ1v) is 8.22. The molecule has 1 saturated carbocycles. The van der Waals surface area contributed by atoms with Crippen molar-refractivity contribution in [2.24, 2.45) is 5.41 Å². The zero-order chi connectivity index (χ0) is 11.7. The zero-order valence-electron chi connectivity index (χ0n) is 9.97. The molecule has 0 amide bonds. The Bertz CT molecular complexity index is 413. The van der Waals surface area contributed by atoms with E-state index >= 15 is 0 Å². The number of nitrogens with one attached hydrogen (secondary N) is 1. The van der Waals surface area contributed by atoms with Gasteiger partial charge < -0.3 is 5.32 Å². The first-order chi connectivity index (χ1) is 8.29. The average Bonchev–Trinajstić information content (AvgIpc) is 2.53. The summed E-state index contributed by atoms with van der Waals surface area (Å²) in [4.78, 5) is 1.40. The van der Waals surface area contributed by atoms with Crippen LogP contribution in [0.4, 0.5) is 5.69 Å². The number of halogens is 1. The number of anilines is 1. The van der Waals surface area contributed by atoms with Gasteiger partial charge in [0.1, 0.15) is 0 Å². The van der Waals surface area contributed by atoms with Crippen LogP contribution in [0, 0.1) is 5.41 Å². The standard InChI is InChI=1S/C14H18BrNS/c15-11-5-4-6-12-13(11)16-9-14(10-17-12)7-2-1-3-8-14/h4-6,16H,1-3,7-10H2. The van der Waals surface area contributed by atoms with Gasteiger partial charge in [0.15, 0.2) is 0 Å². The smallest absolute Gasteiger partial charge is 0.0622 e. The van der Waals surface area contributed by atoms with E-state index in [0.29, 0.717) is 5.41 Å². The molecule has 1 aromatic rings. The lowest BCUT2D eigenvalue weighted by Crippen LogP contribution is -2.33. The van der Waals surface area contributed by atoms with Gasteiger partial charge in [0, 0.05) is 21.7 Å². The molecular weight excluding hydrogens is 294 g/mol. The molecule has 17 heavy (non-hydrogen) atoms. The number of hydrogen-bond donors (Lipinski definition) is 1. The number of benzene rings is 1. The van der Waals surface area contributed by atoms with Crippen LogP contribution in [-0.2, 0) is 0 Å². The van der Waals surface area contributed by atoms with Crippen molar-refractivity contribution in [1.29, 1.82) is 0 Å². The Morgan fingerprint density at radius 1 is 1.18 bits per heavy atom. The number of thioether (sulfide) groups is 1. The molecule has 2 aliphatic rings. The molecular formula is C14H18BrNS. The van der Waals surface area contributed by atoms with Crippen molar-refractivity contribution in [3.63, 3.8) is 0 Å². The minimum Gasteiger partial charge on any atom is -0.383 e. The van der Waals surface area contributed by atoms with Gasteiger partial charge in [-0.2, -0.15) is 0 Å². The van der Waals surface area contributed by atoms with Crippen LogP contribution in [-0.4, -0.2) is 12.3 Å². The number of fused-ring (bicyclic) bond motifs is 1. The highest BCUT2D eigenvalue weighted by molar-refractivity contribution is 9.10. The molecule has 3 heteroatoms. The van der Waals surface area contributed by atoms with Crippen LogP contribution < -0.4 is 5.32 Å². The molecule has 1 aliphatic heterocycles. The molecule has 3 rings (SSSR count). The maximum atomic E-state index is 3.69. The predicted molar refractivity (Wildman–Crippen MR) is 78.9 cm³/mol. The molecule has 1 fully saturated rings. The Labute approximate surface area is 116 Å². The third kappa shape index (κ3) is 2.37. The Hall–Kier alpha value is -0.150. The maximum absolute atomic E-state index is 3.69. The fourth-order valence-corrected chi connectivity index (χ4v) is 4.97. The lowest BCUT2D eigenvalue weighted by molar-refractivity contribution is 0.241. The van der Waals surface area contributed by atoms with Gasteiger partial charge in [0.2, 0.25) is 0 Å². The van der Waals surface area contributed by atoms with E-state index in [9.17, 15) is 0 Å². The molecule has 1 N–H and O–H groups in total. The number of hydrogen-bond acceptors (Lipinski definition) is 2. The van der Waals surface area contributed by atoms with Crippen molar-refractivity contribution < 1.29 is 0 Å². The van der Waals surface area contributed by atoms with E-state index in [1.54, 1.807) is 0 Å². The van der Waals surface area contributed by atoms with Crippen LogP contribution in [0.3, 0.4) is 0 Å². The second-order valence-corrected chi connectivity index (χ2v) is 7.19. The molecule has 0 saturated heterocycles. The minimum atomic E-state index is 0.543. The second kappa shape index (κ2) is 4.85. The third-order valence-electron chi connectivity index (χ3n) is 4.06. The second-order valence-electron chi connectivity index (χ2n) is 5.32. The van der Waals surface area contributed by atoms with E-state index < -0.39 is 0 Å². The van der Waals surface area contributed by atoms with Gasteiger partial charge in [-0.05, 0) is 46.3 Å². The van der Waals surface area contributed by atoms with Crippen LogP contribution >= 0.6 is 27.7 Å². The summed E-state index contributed by atoms with van der Waals surface area (Å²) in [6.07, 6.45) is 7.07. The molecule has 1 spiro atoms. The molecule has 1 aromatic carbocycles. The summed E-state index contributed by atoms with van der Waals surface area (Å²) >= 11 is 5.69. The molecule has 0 atom stereocenters. The summed E-state index contributed by atoms with van der Waals surface area (Å²) in [5, 5.41) is 3.69. The van der Waals surface area contributed by atoms with Crippen LogP contribution in [0.5, 0.6) is 0 Å². The average molecular weight is 312 g/mol. The summed E-state index contributed by atoms with van der Waals surface area (Å²) in [5.41, 5.74) is 1.85. The lowest BCUT2D eigenvalue weighted by Gasteiger charge is -2.36. The fourth-order valence-electron chi connectivity index (χ4n) is 2.98. The van der Waals surface area contributed by atoms with Gasteiger partial charge >= 0.3 is 0 Å². The van der Waals surface area contributed by atoms with E-state index in [4.69, 9.17) is 0 Å². The molecule has 1 aliphatic carbocycles. The Balaban J connectivity index is 1.85. The summed E-state index contributed by atoms with van der Waals surface area (Å²) in [6.45, 7) is 1.15. The van der Waals surface area contributed by atoms with Crippen LogP contribution in [0.15, 0.2) is 27.6 Å². The number of rotatable bonds is 0. The lowest BCUT2D eigenvalue weighted by atomic mass is 9.75. The Morgan fingerprint density at radius 2 is 2.00 bits per heavy atom. The SMILES string of the molecule is Brc1cccc2c1NCC1(CCCCC1)CS2. The largest absolute Gasteiger partial charge is 0.383 e. The first-order valence-electron chi connectivity index (χ1n) is 6.44. The topological polar surface area (TPSA) is 12.0 Å². The fraction of sp³-hybridized carbons (Fsp3) is 0.571. The van der Waals surface area contributed by atoms with Crippen LogP contribution in [0.25, 0.3) is 0 Å². The first kappa shape index (κ1) is 11.9. The highest BCUT2D eigenvalue weighted by Gasteiger charge is 2.34. The molecule has 1 heterocycles. The van der Waals surface area contributed by atoms with Gasteiger partial charge in [-0.25, -0.2) is 0 Å². The van der Waals surface area contributed by atoms with Crippen molar-refractivity contribution in [1.82, 2.24) is 0 Å². The molecule has 0 radical (unpaired) electrons. The van der Waals surface area contributed by atoms with Crippen molar-refractivity contribution in [3.05, 3.63) is 22.7 Å². The maximum Gasteiger partial charge on any atom is 0.0622 e. The van der Waals surface area contributed by atoms with E-state index in [1.807, 2.05) is 11.8 Å². The molecule has 92 valence electrons. The van der Waals surface area contributed by atoms with Gasteiger partial charge in [0.05, 0.1) is 5.69 Å². The predicted octanol–water partition coefficient (Wildman–Crippen LogP) is 4.92. The van der Waals surface area contributed by atoms with E-state index in [1.165, 1.54) is 52.9 Å². The van der Waals surface area contributed by atoms with E-state index in [-0.39, 0.29) is 0 Å². The quantitative estimate of drug-likeness (QED) is 0.730. The van der Waals surface area contributed by atoms with E-state index in [2.05, 4.69) is 39.4 Å². The van der Waals surface area contributed by atoms with Gasteiger partial charge in [-0.3, -0.25) is 0 Å². The minimum absolute atomic E-state index is 0.543. The van der Waals surface area contributed by atoms with Gasteiger partial charge in [-0.15, -0.1) is 11.8 Å². The summed E-state index contributed by atoms with van der Waals surface area (Å²) in [6, 6.07) is 6.50. The van der Waals surface area contributed by atoms with Crippen molar-refractivity contribution in [2.75, 3.05) is 17.6 Å². The monoisotopic (exact) mass is 311 g/mol. The van der Waals surface area contributed by atoms with Gasteiger partial charge in [0.25, 0.3) is 0 Å². The van der Waals surface area contributed by atoms with Crippen molar-refractivity contribution in [2.45, 2.75) is 37.0 Å². The summed E-state index contributed by atoms with van der Waals surface area (Å²) in [7, 11) is 0. The van der Waals surface area contributed by atoms with Crippen molar-refractivity contribution in [3.8, 4) is 0 Å². The Kier molecular flexibility index (Phi) is 3.40. The molecule has 0 unspecified atom stereocenters. The highest BCUT2D eigenvalue weighted by atomic mass is 79.9. The summed E-state index contributed by atoms with van der Waals surface area (Å²) in [5.74, 6) is 1.28. The molecule has 0 bridgehead atoms.